The summed E-state index contributed by atoms with van der Waals surface area (Å²) in [5, 5.41) is 2.69. The van der Waals surface area contributed by atoms with E-state index in [4.69, 9.17) is 0 Å². The molecule has 29 heavy (non-hydrogen) atoms. The third kappa shape index (κ3) is 5.76. The highest BCUT2D eigenvalue weighted by Crippen LogP contribution is 2.20. The third-order valence-electron chi connectivity index (χ3n) is 4.13. The number of Topliss-reactive ketones (excluding diaryl/α,β-unsaturated/α-hetero) is 1. The van der Waals surface area contributed by atoms with Crippen LogP contribution in [0.25, 0.3) is 0 Å². The minimum Gasteiger partial charge on any atom is -0.326 e. The van der Waals surface area contributed by atoms with E-state index < -0.39 is 10.0 Å². The molecule has 3 aromatic carbocycles. The number of hydrogen-bond donors (Lipinski definition) is 2. The van der Waals surface area contributed by atoms with Crippen molar-refractivity contribution in [3.8, 4) is 0 Å². The van der Waals surface area contributed by atoms with Crippen LogP contribution in [-0.2, 0) is 14.8 Å². The number of rotatable bonds is 8. The Morgan fingerprint density at radius 2 is 1.34 bits per heavy atom. The fraction of sp³-hybridized carbons (Fsp3) is 0.0909. The predicted molar refractivity (Wildman–Crippen MR) is 112 cm³/mol. The van der Waals surface area contributed by atoms with Crippen molar-refractivity contribution in [1.29, 1.82) is 0 Å². The van der Waals surface area contributed by atoms with Crippen molar-refractivity contribution in [1.82, 2.24) is 0 Å². The van der Waals surface area contributed by atoms with Crippen LogP contribution in [0, 0.1) is 0 Å². The highest BCUT2D eigenvalue weighted by molar-refractivity contribution is 7.92. The summed E-state index contributed by atoms with van der Waals surface area (Å²) in [4.78, 5) is 24.4. The van der Waals surface area contributed by atoms with Crippen LogP contribution in [0.1, 0.15) is 23.2 Å². The number of hydrogen-bond acceptors (Lipinski definition) is 4. The Balaban J connectivity index is 1.59. The Morgan fingerprint density at radius 3 is 2.03 bits per heavy atom. The predicted octanol–water partition coefficient (Wildman–Crippen LogP) is 4.09. The molecule has 3 rings (SSSR count). The van der Waals surface area contributed by atoms with E-state index in [9.17, 15) is 18.0 Å². The van der Waals surface area contributed by atoms with Crippen molar-refractivity contribution in [3.63, 3.8) is 0 Å². The number of sulfonamides is 1. The second-order valence-electron chi connectivity index (χ2n) is 6.34. The van der Waals surface area contributed by atoms with Gasteiger partial charge in [-0.05, 0) is 30.3 Å². The zero-order valence-electron chi connectivity index (χ0n) is 15.5. The maximum absolute atomic E-state index is 12.4. The molecule has 0 aliphatic carbocycles. The molecule has 0 spiro atoms. The Hall–Kier alpha value is -3.45. The number of anilines is 2. The molecule has 0 bridgehead atoms. The van der Waals surface area contributed by atoms with Crippen molar-refractivity contribution in [2.75, 3.05) is 10.0 Å². The smallest absolute Gasteiger partial charge is 0.261 e. The van der Waals surface area contributed by atoms with Gasteiger partial charge in [0.05, 0.1) is 10.6 Å². The van der Waals surface area contributed by atoms with Gasteiger partial charge >= 0.3 is 0 Å². The van der Waals surface area contributed by atoms with Crippen LogP contribution in [0.3, 0.4) is 0 Å². The van der Waals surface area contributed by atoms with Crippen LogP contribution in [0.15, 0.2) is 89.8 Å². The lowest BCUT2D eigenvalue weighted by Gasteiger charge is -2.10. The van der Waals surface area contributed by atoms with Gasteiger partial charge in [0.25, 0.3) is 10.0 Å². The number of ketones is 1. The molecule has 3 aromatic rings. The molecule has 1 amide bonds. The highest BCUT2D eigenvalue weighted by Gasteiger charge is 2.14. The Bertz CT molecular complexity index is 1100. The Kier molecular flexibility index (Phi) is 6.41. The normalized spacial score (nSPS) is 10.9. The minimum absolute atomic E-state index is 0.0354. The summed E-state index contributed by atoms with van der Waals surface area (Å²) < 4.78 is 27.3. The van der Waals surface area contributed by atoms with Crippen LogP contribution >= 0.6 is 0 Å². The summed E-state index contributed by atoms with van der Waals surface area (Å²) in [6.45, 7) is 0. The lowest BCUT2D eigenvalue weighted by atomic mass is 10.1. The molecule has 2 N–H and O–H groups in total. The Labute approximate surface area is 169 Å². The summed E-state index contributed by atoms with van der Waals surface area (Å²) in [5.41, 5.74) is 1.33. The molecule has 148 valence electrons. The SMILES string of the molecule is O=C(CCC(=O)c1ccccc1)Nc1cccc(NS(=O)(=O)c2ccccc2)c1. The van der Waals surface area contributed by atoms with Crippen molar-refractivity contribution >= 4 is 33.1 Å². The van der Waals surface area contributed by atoms with Gasteiger partial charge in [0, 0.05) is 24.1 Å². The van der Waals surface area contributed by atoms with Crippen molar-refractivity contribution < 1.29 is 18.0 Å². The van der Waals surface area contributed by atoms with Crippen LogP contribution in [0.4, 0.5) is 11.4 Å². The zero-order chi connectivity index (χ0) is 20.7. The summed E-state index contributed by atoms with van der Waals surface area (Å²) in [5.74, 6) is -0.428. The number of nitrogens with one attached hydrogen (secondary N) is 2. The molecule has 0 aliphatic heterocycles. The first-order chi connectivity index (χ1) is 13.9. The second kappa shape index (κ2) is 9.16. The summed E-state index contributed by atoms with van der Waals surface area (Å²) >= 11 is 0. The molecule has 0 unspecified atom stereocenters. The molecule has 0 fully saturated rings. The van der Waals surface area contributed by atoms with E-state index in [1.165, 1.54) is 18.2 Å². The zero-order valence-corrected chi connectivity index (χ0v) is 16.4. The molecule has 6 nitrogen and oxygen atoms in total. The summed E-state index contributed by atoms with van der Waals surface area (Å²) in [6, 6.07) is 23.2. The second-order valence-corrected chi connectivity index (χ2v) is 8.02. The van der Waals surface area contributed by atoms with E-state index >= 15 is 0 Å². The minimum atomic E-state index is -3.72. The lowest BCUT2D eigenvalue weighted by Crippen LogP contribution is -2.15. The molecule has 0 radical (unpaired) electrons. The summed E-state index contributed by atoms with van der Waals surface area (Å²) in [7, 11) is -3.72. The molecular formula is C22H20N2O4S. The van der Waals surface area contributed by atoms with E-state index in [0.29, 0.717) is 16.9 Å². The molecule has 0 saturated carbocycles. The molecule has 0 aliphatic rings. The number of amides is 1. The van der Waals surface area contributed by atoms with Crippen LogP contribution in [-0.4, -0.2) is 20.1 Å². The number of carbonyl (C=O) groups excluding carboxylic acids is 2. The van der Waals surface area contributed by atoms with Gasteiger partial charge in [-0.25, -0.2) is 8.42 Å². The molecule has 7 heteroatoms. The molecule has 0 heterocycles. The van der Waals surface area contributed by atoms with E-state index in [-0.39, 0.29) is 29.4 Å². The average Bonchev–Trinajstić information content (AvgIpc) is 2.73. The van der Waals surface area contributed by atoms with Gasteiger partial charge < -0.3 is 5.32 Å². The van der Waals surface area contributed by atoms with Gasteiger partial charge in [-0.3, -0.25) is 14.3 Å². The van der Waals surface area contributed by atoms with E-state index in [1.54, 1.807) is 60.7 Å². The van der Waals surface area contributed by atoms with Gasteiger partial charge in [0.2, 0.25) is 5.91 Å². The first-order valence-electron chi connectivity index (χ1n) is 9.00. The topological polar surface area (TPSA) is 92.3 Å². The van der Waals surface area contributed by atoms with Crippen molar-refractivity contribution in [2.24, 2.45) is 0 Å². The van der Waals surface area contributed by atoms with E-state index in [0.717, 1.165) is 0 Å². The van der Waals surface area contributed by atoms with E-state index in [1.807, 2.05) is 6.07 Å². The quantitative estimate of drug-likeness (QED) is 0.549. The first-order valence-corrected chi connectivity index (χ1v) is 10.5. The Morgan fingerprint density at radius 1 is 0.724 bits per heavy atom. The van der Waals surface area contributed by atoms with Gasteiger partial charge in [-0.2, -0.15) is 0 Å². The number of carbonyl (C=O) groups is 2. The maximum atomic E-state index is 12.4. The summed E-state index contributed by atoms with van der Waals surface area (Å²) in [6.07, 6.45) is 0.129. The van der Waals surface area contributed by atoms with Gasteiger partial charge in [0.15, 0.2) is 5.78 Å². The molecular weight excluding hydrogens is 388 g/mol. The standard InChI is InChI=1S/C22H20N2O4S/c25-21(17-8-3-1-4-9-17)14-15-22(26)23-18-10-7-11-19(16-18)24-29(27,28)20-12-5-2-6-13-20/h1-13,16,24H,14-15H2,(H,23,26). The van der Waals surface area contributed by atoms with Gasteiger partial charge in [0.1, 0.15) is 0 Å². The van der Waals surface area contributed by atoms with Crippen LogP contribution in [0.5, 0.6) is 0 Å². The fourth-order valence-corrected chi connectivity index (χ4v) is 3.76. The molecule has 0 saturated heterocycles. The lowest BCUT2D eigenvalue weighted by molar-refractivity contribution is -0.116. The van der Waals surface area contributed by atoms with Crippen LogP contribution < -0.4 is 10.0 Å². The largest absolute Gasteiger partial charge is 0.326 e. The maximum Gasteiger partial charge on any atom is 0.261 e. The van der Waals surface area contributed by atoms with Gasteiger partial charge in [-0.1, -0.05) is 54.6 Å². The van der Waals surface area contributed by atoms with Crippen LogP contribution in [0.2, 0.25) is 0 Å². The van der Waals surface area contributed by atoms with Gasteiger partial charge in [-0.15, -0.1) is 0 Å². The van der Waals surface area contributed by atoms with E-state index in [2.05, 4.69) is 10.0 Å². The first kappa shape index (κ1) is 20.3. The third-order valence-corrected chi connectivity index (χ3v) is 5.52. The monoisotopic (exact) mass is 408 g/mol. The van der Waals surface area contributed by atoms with Crippen molar-refractivity contribution in [2.45, 2.75) is 17.7 Å². The molecule has 0 atom stereocenters. The van der Waals surface area contributed by atoms with Crippen molar-refractivity contribution in [3.05, 3.63) is 90.5 Å². The highest BCUT2D eigenvalue weighted by atomic mass is 32.2. The number of benzene rings is 3. The molecule has 0 aromatic heterocycles. The fourth-order valence-electron chi connectivity index (χ4n) is 2.69. The average molecular weight is 408 g/mol.